The summed E-state index contributed by atoms with van der Waals surface area (Å²) in [7, 11) is 0. The average Bonchev–Trinajstić information content (AvgIpc) is 3.13. The van der Waals surface area contributed by atoms with Gasteiger partial charge in [-0.05, 0) is 18.4 Å². The number of alkyl halides is 6. The Morgan fingerprint density at radius 3 is 2.34 bits per heavy atom. The Morgan fingerprint density at radius 1 is 1.20 bits per heavy atom. The van der Waals surface area contributed by atoms with Crippen molar-refractivity contribution in [1.29, 1.82) is 0 Å². The number of ether oxygens (including phenoxy) is 1. The highest BCUT2D eigenvalue weighted by atomic mass is 19.4. The molecule has 1 unspecified atom stereocenters. The van der Waals surface area contributed by atoms with Gasteiger partial charge in [0.2, 0.25) is 0 Å². The van der Waals surface area contributed by atoms with E-state index in [1.165, 1.54) is 6.92 Å². The molecule has 2 aromatic rings. The van der Waals surface area contributed by atoms with Crippen molar-refractivity contribution in [3.05, 3.63) is 46.5 Å². The summed E-state index contributed by atoms with van der Waals surface area (Å²) in [6.07, 6.45) is -9.79. The molecule has 0 radical (unpaired) electrons. The molecule has 190 valence electrons. The Labute approximate surface area is 195 Å². The lowest BCUT2D eigenvalue weighted by atomic mass is 9.73. The van der Waals surface area contributed by atoms with Crippen LogP contribution in [0.25, 0.3) is 5.76 Å². The van der Waals surface area contributed by atoms with Crippen LogP contribution in [0.4, 0.5) is 26.3 Å². The molecular weight excluding hydrogens is 484 g/mol. The lowest BCUT2D eigenvalue weighted by molar-refractivity contribution is -0.142. The van der Waals surface area contributed by atoms with Crippen molar-refractivity contribution in [3.8, 4) is 5.75 Å². The number of carbonyl (C=O) groups is 2. The topological polar surface area (TPSA) is 94.3 Å². The van der Waals surface area contributed by atoms with Gasteiger partial charge in [-0.1, -0.05) is 13.8 Å². The van der Waals surface area contributed by atoms with Crippen molar-refractivity contribution < 1.29 is 45.8 Å². The van der Waals surface area contributed by atoms with Crippen LogP contribution in [-0.2, 0) is 22.3 Å². The van der Waals surface area contributed by atoms with E-state index in [4.69, 9.17) is 0 Å². The standard InChI is InChI=1S/C22H21F6N3O4/c1-10-12(29-5-4-15(10)35-20(25)19(23)24)9-31-8-11(18(30-31)22(26,27)28)17(34)16-13(32)6-21(2,3)7-14(16)33/h4-5,8,19-20,34H,6-7,9H2,1-3H3. The second-order valence-electron chi connectivity index (χ2n) is 8.86. The fourth-order valence-corrected chi connectivity index (χ4v) is 3.72. The van der Waals surface area contributed by atoms with Crippen LogP contribution >= 0.6 is 0 Å². The maximum atomic E-state index is 13.7. The number of hydrogen-bond donors (Lipinski definition) is 1. The Morgan fingerprint density at radius 2 is 1.80 bits per heavy atom. The summed E-state index contributed by atoms with van der Waals surface area (Å²) < 4.78 is 84.5. The number of hydrogen-bond acceptors (Lipinski definition) is 6. The summed E-state index contributed by atoms with van der Waals surface area (Å²) in [5.41, 5.74) is -3.75. The fraction of sp³-hybridized carbons (Fsp3) is 0.455. The minimum atomic E-state index is -5.05. The summed E-state index contributed by atoms with van der Waals surface area (Å²) in [5, 5.41) is 14.0. The molecule has 3 rings (SSSR count). The van der Waals surface area contributed by atoms with E-state index in [-0.39, 0.29) is 29.8 Å². The highest BCUT2D eigenvalue weighted by Gasteiger charge is 2.42. The number of aromatic nitrogens is 3. The molecule has 0 aliphatic heterocycles. The van der Waals surface area contributed by atoms with E-state index in [1.807, 2.05) is 0 Å². The molecule has 7 nitrogen and oxygen atoms in total. The van der Waals surface area contributed by atoms with Crippen molar-refractivity contribution in [2.24, 2.45) is 5.41 Å². The largest absolute Gasteiger partial charge is 0.506 e. The molecule has 1 fully saturated rings. The van der Waals surface area contributed by atoms with E-state index in [0.717, 1.165) is 23.1 Å². The number of allylic oxidation sites excluding steroid dienone is 1. The number of Topliss-reactive ketones (excluding diaryl/α,β-unsaturated/α-hetero) is 2. The van der Waals surface area contributed by atoms with Crippen LogP contribution in [0.2, 0.25) is 0 Å². The lowest BCUT2D eigenvalue weighted by Crippen LogP contribution is -2.32. The maximum absolute atomic E-state index is 13.7. The highest BCUT2D eigenvalue weighted by Crippen LogP contribution is 2.39. The molecule has 1 aliphatic carbocycles. The third-order valence-electron chi connectivity index (χ3n) is 5.37. The first-order valence-electron chi connectivity index (χ1n) is 10.3. The highest BCUT2D eigenvalue weighted by molar-refractivity contribution is 6.26. The van der Waals surface area contributed by atoms with Gasteiger partial charge in [0.05, 0.1) is 17.8 Å². The molecule has 1 saturated carbocycles. The number of aliphatic hydroxyl groups excluding tert-OH is 1. The molecule has 0 spiro atoms. The Balaban J connectivity index is 2.02. The van der Waals surface area contributed by atoms with Crippen LogP contribution in [0.15, 0.2) is 24.0 Å². The summed E-state index contributed by atoms with van der Waals surface area (Å²) in [5.74, 6) is -3.00. The van der Waals surface area contributed by atoms with Crippen LogP contribution in [0.5, 0.6) is 5.75 Å². The van der Waals surface area contributed by atoms with Crippen LogP contribution < -0.4 is 4.74 Å². The zero-order chi connectivity index (χ0) is 26.3. The van der Waals surface area contributed by atoms with Gasteiger partial charge in [-0.2, -0.15) is 22.7 Å². The van der Waals surface area contributed by atoms with Crippen LogP contribution in [0, 0.1) is 12.3 Å². The number of aliphatic hydroxyl groups is 1. The minimum absolute atomic E-state index is 0.0189. The predicted molar refractivity (Wildman–Crippen MR) is 109 cm³/mol. The molecule has 13 heteroatoms. The van der Waals surface area contributed by atoms with E-state index >= 15 is 0 Å². The Bertz CT molecular complexity index is 1160. The molecule has 35 heavy (non-hydrogen) atoms. The van der Waals surface area contributed by atoms with E-state index in [1.54, 1.807) is 13.8 Å². The van der Waals surface area contributed by atoms with Gasteiger partial charge in [0.15, 0.2) is 17.3 Å². The lowest BCUT2D eigenvalue weighted by Gasteiger charge is -2.28. The van der Waals surface area contributed by atoms with Gasteiger partial charge in [-0.3, -0.25) is 19.3 Å². The molecule has 0 amide bonds. The van der Waals surface area contributed by atoms with E-state index in [2.05, 4.69) is 14.8 Å². The van der Waals surface area contributed by atoms with Crippen molar-refractivity contribution in [1.82, 2.24) is 14.8 Å². The molecule has 2 heterocycles. The monoisotopic (exact) mass is 505 g/mol. The van der Waals surface area contributed by atoms with Gasteiger partial charge in [0.1, 0.15) is 17.1 Å². The molecule has 1 atom stereocenters. The minimum Gasteiger partial charge on any atom is -0.506 e. The number of halogens is 6. The molecule has 1 N–H and O–H groups in total. The maximum Gasteiger partial charge on any atom is 0.435 e. The summed E-state index contributed by atoms with van der Waals surface area (Å²) in [6, 6.07) is 1.11. The molecule has 2 aromatic heterocycles. The number of pyridine rings is 1. The van der Waals surface area contributed by atoms with Crippen LogP contribution in [0.1, 0.15) is 49.2 Å². The smallest absolute Gasteiger partial charge is 0.435 e. The summed E-state index contributed by atoms with van der Waals surface area (Å²) in [4.78, 5) is 28.9. The van der Waals surface area contributed by atoms with E-state index < -0.39 is 65.1 Å². The van der Waals surface area contributed by atoms with Gasteiger partial charge < -0.3 is 9.84 Å². The van der Waals surface area contributed by atoms with E-state index in [9.17, 15) is 41.0 Å². The summed E-state index contributed by atoms with van der Waals surface area (Å²) in [6.45, 7) is 4.19. The first-order chi connectivity index (χ1) is 16.1. The predicted octanol–water partition coefficient (Wildman–Crippen LogP) is 4.82. The number of rotatable bonds is 6. The number of ketones is 2. The first kappa shape index (κ1) is 26.2. The molecule has 0 bridgehead atoms. The molecule has 1 aliphatic rings. The molecule has 0 saturated heterocycles. The quantitative estimate of drug-likeness (QED) is 0.262. The normalized spacial score (nSPS) is 17.1. The second kappa shape index (κ2) is 9.34. The van der Waals surface area contributed by atoms with Crippen molar-refractivity contribution in [2.45, 2.75) is 59.1 Å². The second-order valence-corrected chi connectivity index (χ2v) is 8.86. The Kier molecular flexibility index (Phi) is 7.00. The first-order valence-corrected chi connectivity index (χ1v) is 10.3. The van der Waals surface area contributed by atoms with Gasteiger partial charge in [-0.15, -0.1) is 0 Å². The zero-order valence-electron chi connectivity index (χ0n) is 18.8. The number of carbonyl (C=O) groups excluding carboxylic acids is 2. The fourth-order valence-electron chi connectivity index (χ4n) is 3.72. The third-order valence-corrected chi connectivity index (χ3v) is 5.37. The van der Waals surface area contributed by atoms with Gasteiger partial charge >= 0.3 is 12.6 Å². The van der Waals surface area contributed by atoms with E-state index in [0.29, 0.717) is 0 Å². The molecular formula is C22H21F6N3O4. The van der Waals surface area contributed by atoms with Crippen molar-refractivity contribution in [2.75, 3.05) is 0 Å². The summed E-state index contributed by atoms with van der Waals surface area (Å²) >= 11 is 0. The van der Waals surface area contributed by atoms with Gasteiger partial charge in [0, 0.05) is 30.8 Å². The van der Waals surface area contributed by atoms with Gasteiger partial charge in [0.25, 0.3) is 6.36 Å². The SMILES string of the molecule is Cc1c(OC(F)C(F)F)ccnc1Cn1cc(C(O)=C2C(=O)CC(C)(C)CC2=O)c(C(F)(F)F)n1. The average molecular weight is 505 g/mol. The molecule has 0 aromatic carbocycles. The van der Waals surface area contributed by atoms with Crippen molar-refractivity contribution >= 4 is 17.3 Å². The van der Waals surface area contributed by atoms with Crippen LogP contribution in [0.3, 0.4) is 0 Å². The Hall–Kier alpha value is -3.38. The number of nitrogens with zero attached hydrogens (tertiary/aromatic N) is 3. The van der Waals surface area contributed by atoms with Gasteiger partial charge in [-0.25, -0.2) is 8.78 Å². The van der Waals surface area contributed by atoms with Crippen LogP contribution in [-0.4, -0.2) is 44.2 Å². The zero-order valence-corrected chi connectivity index (χ0v) is 18.8. The van der Waals surface area contributed by atoms with Crippen molar-refractivity contribution in [3.63, 3.8) is 0 Å². The third kappa shape index (κ3) is 5.65.